The second kappa shape index (κ2) is 5.83. The lowest BCUT2D eigenvalue weighted by molar-refractivity contribution is 0.289. The van der Waals surface area contributed by atoms with Crippen LogP contribution in [0.5, 0.6) is 0 Å². The molecule has 9 heavy (non-hydrogen) atoms. The fourth-order valence-corrected chi connectivity index (χ4v) is 0.578. The van der Waals surface area contributed by atoms with Gasteiger partial charge in [-0.1, -0.05) is 26.0 Å². The Balaban J connectivity index is 3.04. The number of hydrogen-bond acceptors (Lipinski definition) is 1. The Morgan fingerprint density at radius 1 is 1.44 bits per heavy atom. The van der Waals surface area contributed by atoms with Crippen molar-refractivity contribution >= 4 is 0 Å². The third-order valence-electron chi connectivity index (χ3n) is 1.05. The Morgan fingerprint density at radius 2 is 2.11 bits per heavy atom. The second-order valence-corrected chi connectivity index (χ2v) is 2.54. The smallest absolute Gasteiger partial charge is 0.0433 e. The maximum absolute atomic E-state index is 8.40. The van der Waals surface area contributed by atoms with Crippen LogP contribution in [0.25, 0.3) is 0 Å². The second-order valence-electron chi connectivity index (χ2n) is 2.54. The van der Waals surface area contributed by atoms with E-state index in [1.807, 2.05) is 0 Å². The van der Waals surface area contributed by atoms with Gasteiger partial charge in [0.05, 0.1) is 0 Å². The van der Waals surface area contributed by atoms with Crippen LogP contribution in [0.3, 0.4) is 0 Å². The van der Waals surface area contributed by atoms with Gasteiger partial charge in [0.15, 0.2) is 0 Å². The van der Waals surface area contributed by atoms with Crippen LogP contribution >= 0.6 is 0 Å². The highest BCUT2D eigenvalue weighted by atomic mass is 16.2. The van der Waals surface area contributed by atoms with Crippen molar-refractivity contribution in [3.63, 3.8) is 0 Å². The lowest BCUT2D eigenvalue weighted by Crippen LogP contribution is -1.80. The quantitative estimate of drug-likeness (QED) is 0.453. The lowest BCUT2D eigenvalue weighted by atomic mass is 10.2. The number of unbranched alkanes of at least 4 members (excludes halogenated alkanes) is 1. The topological polar surface area (TPSA) is 20.2 Å². The fraction of sp³-hybridized carbons (Fsp3) is 0.750. The Labute approximate surface area is 57.4 Å². The zero-order valence-corrected chi connectivity index (χ0v) is 6.30. The van der Waals surface area contributed by atoms with Crippen LogP contribution in [-0.4, -0.2) is 11.7 Å². The molecular formula is C8H16O. The Bertz CT molecular complexity index is 74.6. The minimum atomic E-state index is 0.308. The molecule has 1 nitrogen and oxygen atoms in total. The van der Waals surface area contributed by atoms with E-state index in [0.29, 0.717) is 12.5 Å². The van der Waals surface area contributed by atoms with E-state index in [2.05, 4.69) is 26.0 Å². The van der Waals surface area contributed by atoms with Crippen LogP contribution in [0.4, 0.5) is 0 Å². The van der Waals surface area contributed by atoms with E-state index in [9.17, 15) is 0 Å². The van der Waals surface area contributed by atoms with Gasteiger partial charge < -0.3 is 5.11 Å². The Kier molecular flexibility index (Phi) is 5.64. The van der Waals surface area contributed by atoms with Crippen molar-refractivity contribution in [3.8, 4) is 0 Å². The van der Waals surface area contributed by atoms with Crippen LogP contribution in [0.15, 0.2) is 12.2 Å². The van der Waals surface area contributed by atoms with Crippen molar-refractivity contribution < 1.29 is 5.11 Å². The molecular weight excluding hydrogens is 112 g/mol. The molecule has 0 aliphatic heterocycles. The molecule has 0 bridgehead atoms. The first kappa shape index (κ1) is 8.70. The van der Waals surface area contributed by atoms with Gasteiger partial charge in [-0.3, -0.25) is 0 Å². The molecule has 0 saturated carbocycles. The summed E-state index contributed by atoms with van der Waals surface area (Å²) in [5.41, 5.74) is 0. The SMILES string of the molecule is CC(C)/C=C/CCCO. The zero-order chi connectivity index (χ0) is 7.11. The van der Waals surface area contributed by atoms with Crippen molar-refractivity contribution in [1.29, 1.82) is 0 Å². The minimum absolute atomic E-state index is 0.308. The largest absolute Gasteiger partial charge is 0.396 e. The molecule has 0 aromatic rings. The van der Waals surface area contributed by atoms with Gasteiger partial charge >= 0.3 is 0 Å². The molecule has 0 saturated heterocycles. The molecule has 0 aromatic carbocycles. The molecule has 54 valence electrons. The van der Waals surface area contributed by atoms with Crippen LogP contribution in [0, 0.1) is 5.92 Å². The van der Waals surface area contributed by atoms with Crippen molar-refractivity contribution in [1.82, 2.24) is 0 Å². The average Bonchev–Trinajstić information content (AvgIpc) is 1.80. The van der Waals surface area contributed by atoms with Crippen molar-refractivity contribution in [3.05, 3.63) is 12.2 Å². The normalized spacial score (nSPS) is 11.6. The Morgan fingerprint density at radius 3 is 2.56 bits per heavy atom. The molecule has 0 aromatic heterocycles. The van der Waals surface area contributed by atoms with E-state index in [4.69, 9.17) is 5.11 Å². The summed E-state index contributed by atoms with van der Waals surface area (Å²) >= 11 is 0. The first-order valence-electron chi connectivity index (χ1n) is 3.55. The van der Waals surface area contributed by atoms with Gasteiger partial charge in [-0.25, -0.2) is 0 Å². The number of hydrogen-bond donors (Lipinski definition) is 1. The highest BCUT2D eigenvalue weighted by Crippen LogP contribution is 1.96. The molecule has 1 N–H and O–H groups in total. The van der Waals surface area contributed by atoms with E-state index in [0.717, 1.165) is 12.8 Å². The van der Waals surface area contributed by atoms with Crippen molar-refractivity contribution in [2.45, 2.75) is 26.7 Å². The molecule has 0 radical (unpaired) electrons. The molecule has 0 atom stereocenters. The number of aliphatic hydroxyl groups is 1. The predicted molar refractivity (Wildman–Crippen MR) is 40.3 cm³/mol. The first-order valence-corrected chi connectivity index (χ1v) is 3.55. The van der Waals surface area contributed by atoms with Crippen molar-refractivity contribution in [2.24, 2.45) is 5.92 Å². The van der Waals surface area contributed by atoms with E-state index < -0.39 is 0 Å². The summed E-state index contributed by atoms with van der Waals surface area (Å²) in [5, 5.41) is 8.40. The van der Waals surface area contributed by atoms with E-state index in [1.165, 1.54) is 0 Å². The monoisotopic (exact) mass is 128 g/mol. The van der Waals surface area contributed by atoms with Crippen LogP contribution in [0.2, 0.25) is 0 Å². The number of aliphatic hydroxyl groups excluding tert-OH is 1. The zero-order valence-electron chi connectivity index (χ0n) is 6.30. The molecule has 0 aliphatic rings. The fourth-order valence-electron chi connectivity index (χ4n) is 0.578. The highest BCUT2D eigenvalue weighted by molar-refractivity contribution is 4.83. The van der Waals surface area contributed by atoms with E-state index in [1.54, 1.807) is 0 Å². The van der Waals surface area contributed by atoms with Gasteiger partial charge in [-0.05, 0) is 18.8 Å². The number of rotatable bonds is 4. The van der Waals surface area contributed by atoms with E-state index in [-0.39, 0.29) is 0 Å². The molecule has 0 unspecified atom stereocenters. The summed E-state index contributed by atoms with van der Waals surface area (Å²) in [4.78, 5) is 0. The van der Waals surface area contributed by atoms with Gasteiger partial charge in [0, 0.05) is 6.61 Å². The molecule has 0 rings (SSSR count). The number of allylic oxidation sites excluding steroid dienone is 2. The summed E-state index contributed by atoms with van der Waals surface area (Å²) in [7, 11) is 0. The maximum Gasteiger partial charge on any atom is 0.0433 e. The van der Waals surface area contributed by atoms with E-state index >= 15 is 0 Å². The molecule has 0 fully saturated rings. The lowest BCUT2D eigenvalue weighted by Gasteiger charge is -1.92. The summed E-state index contributed by atoms with van der Waals surface area (Å²) < 4.78 is 0. The van der Waals surface area contributed by atoms with Crippen LogP contribution in [-0.2, 0) is 0 Å². The molecule has 0 spiro atoms. The molecule has 0 heterocycles. The van der Waals surface area contributed by atoms with Crippen LogP contribution in [0.1, 0.15) is 26.7 Å². The van der Waals surface area contributed by atoms with Gasteiger partial charge in [0.1, 0.15) is 0 Å². The van der Waals surface area contributed by atoms with Gasteiger partial charge in [0.25, 0.3) is 0 Å². The standard InChI is InChI=1S/C8H16O/c1-8(2)6-4-3-5-7-9/h4,6,8-9H,3,5,7H2,1-2H3/b6-4+. The highest BCUT2D eigenvalue weighted by Gasteiger charge is 1.82. The summed E-state index contributed by atoms with van der Waals surface area (Å²) in [6.45, 7) is 4.60. The Hall–Kier alpha value is -0.300. The molecule has 0 aliphatic carbocycles. The average molecular weight is 128 g/mol. The van der Waals surface area contributed by atoms with Crippen molar-refractivity contribution in [2.75, 3.05) is 6.61 Å². The van der Waals surface area contributed by atoms with Crippen LogP contribution < -0.4 is 0 Å². The summed E-state index contributed by atoms with van der Waals surface area (Å²) in [5.74, 6) is 0.642. The molecule has 1 heteroatoms. The molecule has 0 amide bonds. The maximum atomic E-state index is 8.40. The third-order valence-corrected chi connectivity index (χ3v) is 1.05. The summed E-state index contributed by atoms with van der Waals surface area (Å²) in [6.07, 6.45) is 6.19. The third kappa shape index (κ3) is 7.70. The summed E-state index contributed by atoms with van der Waals surface area (Å²) in [6, 6.07) is 0. The van der Waals surface area contributed by atoms with Gasteiger partial charge in [0.2, 0.25) is 0 Å². The van der Waals surface area contributed by atoms with Gasteiger partial charge in [-0.2, -0.15) is 0 Å². The first-order chi connectivity index (χ1) is 4.27. The van der Waals surface area contributed by atoms with Gasteiger partial charge in [-0.15, -0.1) is 0 Å². The predicted octanol–water partition coefficient (Wildman–Crippen LogP) is 1.97. The minimum Gasteiger partial charge on any atom is -0.396 e.